The van der Waals surface area contributed by atoms with Crippen molar-refractivity contribution >= 4 is 0 Å². The van der Waals surface area contributed by atoms with Crippen molar-refractivity contribution < 1.29 is 0 Å². The summed E-state index contributed by atoms with van der Waals surface area (Å²) in [7, 11) is 0. The molecule has 0 spiro atoms. The molecule has 2 unspecified atom stereocenters. The second-order valence-corrected chi connectivity index (χ2v) is 5.23. The van der Waals surface area contributed by atoms with Gasteiger partial charge in [-0.2, -0.15) is 0 Å². The Balaban J connectivity index is 2.03. The van der Waals surface area contributed by atoms with Crippen LogP contribution >= 0.6 is 0 Å². The van der Waals surface area contributed by atoms with Crippen molar-refractivity contribution in [2.75, 3.05) is 19.6 Å². The molecule has 1 aliphatic heterocycles. The molecule has 2 rings (SSSR count). The van der Waals surface area contributed by atoms with Gasteiger partial charge in [-0.3, -0.25) is 4.90 Å². The second-order valence-electron chi connectivity index (χ2n) is 5.23. The second kappa shape index (κ2) is 6.91. The molecule has 18 heavy (non-hydrogen) atoms. The molecular formula is C16H26N2. The first-order valence-corrected chi connectivity index (χ1v) is 7.37. The van der Waals surface area contributed by atoms with Gasteiger partial charge in [0.2, 0.25) is 0 Å². The summed E-state index contributed by atoms with van der Waals surface area (Å²) in [6.07, 6.45) is 3.85. The van der Waals surface area contributed by atoms with Crippen molar-refractivity contribution in [2.24, 2.45) is 0 Å². The standard InChI is InChI=1S/C16H26N2/c1-3-16(14-9-6-5-7-10-14)18-12-8-11-15(13-18)17-4-2/h5-7,9-10,15-17H,3-4,8,11-13H2,1-2H3. The molecule has 0 saturated carbocycles. The molecule has 1 fully saturated rings. The molecule has 0 radical (unpaired) electrons. The van der Waals surface area contributed by atoms with Gasteiger partial charge in [-0.1, -0.05) is 44.2 Å². The van der Waals surface area contributed by atoms with Crippen molar-refractivity contribution in [1.29, 1.82) is 0 Å². The van der Waals surface area contributed by atoms with E-state index < -0.39 is 0 Å². The Kier molecular flexibility index (Phi) is 5.21. The van der Waals surface area contributed by atoms with Gasteiger partial charge in [-0.15, -0.1) is 0 Å². The van der Waals surface area contributed by atoms with Crippen LogP contribution in [-0.4, -0.2) is 30.6 Å². The zero-order valence-electron chi connectivity index (χ0n) is 11.7. The summed E-state index contributed by atoms with van der Waals surface area (Å²) < 4.78 is 0. The molecule has 0 aliphatic carbocycles. The van der Waals surface area contributed by atoms with E-state index >= 15 is 0 Å². The van der Waals surface area contributed by atoms with E-state index in [0.717, 1.165) is 6.54 Å². The van der Waals surface area contributed by atoms with Crippen molar-refractivity contribution in [1.82, 2.24) is 10.2 Å². The maximum atomic E-state index is 3.60. The minimum absolute atomic E-state index is 0.590. The molecule has 1 heterocycles. The molecule has 1 aromatic carbocycles. The lowest BCUT2D eigenvalue weighted by Crippen LogP contribution is -2.46. The maximum Gasteiger partial charge on any atom is 0.0346 e. The van der Waals surface area contributed by atoms with Gasteiger partial charge in [0.25, 0.3) is 0 Å². The van der Waals surface area contributed by atoms with E-state index in [-0.39, 0.29) is 0 Å². The normalized spacial score (nSPS) is 22.9. The lowest BCUT2D eigenvalue weighted by atomic mass is 9.98. The fourth-order valence-corrected chi connectivity index (χ4v) is 3.12. The Morgan fingerprint density at radius 1 is 1.28 bits per heavy atom. The number of nitrogens with one attached hydrogen (secondary N) is 1. The zero-order valence-corrected chi connectivity index (χ0v) is 11.7. The summed E-state index contributed by atoms with van der Waals surface area (Å²) in [6.45, 7) is 8.03. The van der Waals surface area contributed by atoms with E-state index in [4.69, 9.17) is 0 Å². The summed E-state index contributed by atoms with van der Waals surface area (Å²) in [5, 5.41) is 3.60. The highest BCUT2D eigenvalue weighted by Gasteiger charge is 2.25. The predicted molar refractivity (Wildman–Crippen MR) is 77.7 cm³/mol. The number of benzene rings is 1. The highest BCUT2D eigenvalue weighted by atomic mass is 15.2. The molecule has 2 heteroatoms. The first kappa shape index (κ1) is 13.6. The van der Waals surface area contributed by atoms with Crippen LogP contribution in [0.3, 0.4) is 0 Å². The fourth-order valence-electron chi connectivity index (χ4n) is 3.12. The van der Waals surface area contributed by atoms with Gasteiger partial charge >= 0.3 is 0 Å². The molecule has 1 saturated heterocycles. The van der Waals surface area contributed by atoms with Crippen LogP contribution in [0.4, 0.5) is 0 Å². The summed E-state index contributed by atoms with van der Waals surface area (Å²) in [6, 6.07) is 12.2. The van der Waals surface area contributed by atoms with Crippen LogP contribution in [0.25, 0.3) is 0 Å². The van der Waals surface area contributed by atoms with Gasteiger partial charge in [0.05, 0.1) is 0 Å². The molecule has 2 atom stereocenters. The topological polar surface area (TPSA) is 15.3 Å². The SMILES string of the molecule is CCNC1CCCN(C(CC)c2ccccc2)C1. The van der Waals surface area contributed by atoms with Gasteiger partial charge in [-0.25, -0.2) is 0 Å². The van der Waals surface area contributed by atoms with Crippen LogP contribution < -0.4 is 5.32 Å². The number of nitrogens with zero attached hydrogens (tertiary/aromatic N) is 1. The number of likely N-dealkylation sites (tertiary alicyclic amines) is 1. The van der Waals surface area contributed by atoms with E-state index in [1.54, 1.807) is 0 Å². The van der Waals surface area contributed by atoms with Crippen molar-refractivity contribution in [3.05, 3.63) is 35.9 Å². The molecule has 100 valence electrons. The Hall–Kier alpha value is -0.860. The fraction of sp³-hybridized carbons (Fsp3) is 0.625. The maximum absolute atomic E-state index is 3.60. The summed E-state index contributed by atoms with van der Waals surface area (Å²) in [5.41, 5.74) is 1.47. The van der Waals surface area contributed by atoms with E-state index in [0.29, 0.717) is 12.1 Å². The van der Waals surface area contributed by atoms with E-state index in [1.165, 1.54) is 37.9 Å². The monoisotopic (exact) mass is 246 g/mol. The van der Waals surface area contributed by atoms with Crippen molar-refractivity contribution in [3.8, 4) is 0 Å². The largest absolute Gasteiger partial charge is 0.313 e. The average molecular weight is 246 g/mol. The van der Waals surface area contributed by atoms with Crippen LogP contribution in [0, 0.1) is 0 Å². The Bertz CT molecular complexity index is 334. The van der Waals surface area contributed by atoms with Crippen molar-refractivity contribution in [3.63, 3.8) is 0 Å². The summed E-state index contributed by atoms with van der Waals surface area (Å²) >= 11 is 0. The van der Waals surface area contributed by atoms with Crippen LogP contribution in [0.5, 0.6) is 0 Å². The molecular weight excluding hydrogens is 220 g/mol. The third-order valence-electron chi connectivity index (χ3n) is 3.96. The molecule has 1 aromatic rings. The highest BCUT2D eigenvalue weighted by Crippen LogP contribution is 2.27. The van der Waals surface area contributed by atoms with E-state index in [2.05, 4.69) is 54.4 Å². The molecule has 2 nitrogen and oxygen atoms in total. The van der Waals surface area contributed by atoms with Gasteiger partial charge in [-0.05, 0) is 37.9 Å². The Labute approximate surface area is 111 Å². The smallest absolute Gasteiger partial charge is 0.0346 e. The molecule has 1 N–H and O–H groups in total. The van der Waals surface area contributed by atoms with Crippen LogP contribution in [-0.2, 0) is 0 Å². The van der Waals surface area contributed by atoms with Gasteiger partial charge in [0, 0.05) is 18.6 Å². The Morgan fingerprint density at radius 2 is 2.06 bits per heavy atom. The number of rotatable bonds is 5. The average Bonchev–Trinajstić information content (AvgIpc) is 2.42. The quantitative estimate of drug-likeness (QED) is 0.858. The van der Waals surface area contributed by atoms with Gasteiger partial charge < -0.3 is 5.32 Å². The predicted octanol–water partition coefficient (Wildman–Crippen LogP) is 3.21. The van der Waals surface area contributed by atoms with Gasteiger partial charge in [0.1, 0.15) is 0 Å². The number of hydrogen-bond acceptors (Lipinski definition) is 2. The summed E-state index contributed by atoms with van der Waals surface area (Å²) in [4.78, 5) is 2.66. The first-order valence-electron chi connectivity index (χ1n) is 7.37. The zero-order chi connectivity index (χ0) is 12.8. The highest BCUT2D eigenvalue weighted by molar-refractivity contribution is 5.19. The molecule has 1 aliphatic rings. The molecule has 0 amide bonds. The summed E-state index contributed by atoms with van der Waals surface area (Å²) in [5.74, 6) is 0. The lowest BCUT2D eigenvalue weighted by molar-refractivity contribution is 0.134. The number of likely N-dealkylation sites (N-methyl/N-ethyl adjacent to an activating group) is 1. The lowest BCUT2D eigenvalue weighted by Gasteiger charge is -2.38. The minimum Gasteiger partial charge on any atom is -0.313 e. The number of piperidine rings is 1. The third kappa shape index (κ3) is 3.33. The first-order chi connectivity index (χ1) is 8.85. The van der Waals surface area contributed by atoms with Crippen LogP contribution in [0.15, 0.2) is 30.3 Å². The Morgan fingerprint density at radius 3 is 2.72 bits per heavy atom. The van der Waals surface area contributed by atoms with E-state index in [1.807, 2.05) is 0 Å². The van der Waals surface area contributed by atoms with Crippen molar-refractivity contribution in [2.45, 2.75) is 45.2 Å². The number of hydrogen-bond donors (Lipinski definition) is 1. The molecule has 0 bridgehead atoms. The van der Waals surface area contributed by atoms with E-state index in [9.17, 15) is 0 Å². The van der Waals surface area contributed by atoms with Crippen LogP contribution in [0.1, 0.15) is 44.7 Å². The van der Waals surface area contributed by atoms with Gasteiger partial charge in [0.15, 0.2) is 0 Å². The third-order valence-corrected chi connectivity index (χ3v) is 3.96. The van der Waals surface area contributed by atoms with Crippen LogP contribution in [0.2, 0.25) is 0 Å². The molecule has 0 aromatic heterocycles. The minimum atomic E-state index is 0.590.